The van der Waals surface area contributed by atoms with Gasteiger partial charge in [0.05, 0.1) is 15.2 Å². The highest BCUT2D eigenvalue weighted by Crippen LogP contribution is 2.22. The number of nitrogens with one attached hydrogen (secondary N) is 1. The lowest BCUT2D eigenvalue weighted by atomic mass is 10.3. The fraction of sp³-hybridized carbons (Fsp3) is 0.0556. The quantitative estimate of drug-likeness (QED) is 0.521. The van der Waals surface area contributed by atoms with Crippen molar-refractivity contribution in [1.29, 1.82) is 0 Å². The first-order chi connectivity index (χ1) is 12.5. The number of fused-ring (bicyclic) bond motifs is 1. The Hall–Kier alpha value is -2.77. The van der Waals surface area contributed by atoms with Crippen LogP contribution in [0.15, 0.2) is 48.5 Å². The average molecular weight is 391 g/mol. The summed E-state index contributed by atoms with van der Waals surface area (Å²) in [6, 6.07) is 11.4. The van der Waals surface area contributed by atoms with Crippen molar-refractivity contribution >= 4 is 56.8 Å². The number of benzene rings is 2. The summed E-state index contributed by atoms with van der Waals surface area (Å²) in [5.41, 5.74) is 1.16. The molecule has 0 fully saturated rings. The van der Waals surface area contributed by atoms with Gasteiger partial charge >= 0.3 is 5.97 Å². The Labute approximate surface area is 157 Å². The third-order valence-corrected chi connectivity index (χ3v) is 4.51. The van der Waals surface area contributed by atoms with Gasteiger partial charge in [0.1, 0.15) is 10.8 Å². The van der Waals surface area contributed by atoms with E-state index in [4.69, 9.17) is 16.3 Å². The molecule has 0 saturated carbocycles. The zero-order valence-electron chi connectivity index (χ0n) is 13.2. The molecule has 0 atom stereocenters. The summed E-state index contributed by atoms with van der Waals surface area (Å²) >= 11 is 7.07. The van der Waals surface area contributed by atoms with E-state index in [1.165, 1.54) is 35.6 Å². The minimum Gasteiger partial charge on any atom is -0.452 e. The van der Waals surface area contributed by atoms with E-state index in [2.05, 4.69) is 10.3 Å². The number of carbonyl (C=O) groups excluding carboxylic acids is 2. The van der Waals surface area contributed by atoms with E-state index in [-0.39, 0.29) is 5.02 Å². The largest absolute Gasteiger partial charge is 0.452 e. The smallest absolute Gasteiger partial charge is 0.331 e. The van der Waals surface area contributed by atoms with Gasteiger partial charge in [0, 0.05) is 11.8 Å². The summed E-state index contributed by atoms with van der Waals surface area (Å²) in [6.45, 7) is -0.474. The second kappa shape index (κ2) is 8.07. The van der Waals surface area contributed by atoms with Gasteiger partial charge in [-0.3, -0.25) is 4.79 Å². The molecule has 0 aliphatic heterocycles. The lowest BCUT2D eigenvalue weighted by molar-refractivity contribution is -0.142. The van der Waals surface area contributed by atoms with Crippen molar-refractivity contribution in [2.24, 2.45) is 0 Å². The molecular weight excluding hydrogens is 379 g/mol. The van der Waals surface area contributed by atoms with Crippen LogP contribution in [0.5, 0.6) is 0 Å². The van der Waals surface area contributed by atoms with Crippen molar-refractivity contribution < 1.29 is 18.7 Å². The van der Waals surface area contributed by atoms with Gasteiger partial charge < -0.3 is 10.1 Å². The number of rotatable bonds is 5. The molecular formula is C18H12ClFN2O3S. The van der Waals surface area contributed by atoms with E-state index < -0.39 is 24.3 Å². The molecule has 3 rings (SSSR count). The SMILES string of the molecule is O=C(COC(=O)/C=C/c1nc2ccccc2s1)Nc1ccc(F)c(Cl)c1. The zero-order chi connectivity index (χ0) is 18.5. The number of thiazole rings is 1. The minimum absolute atomic E-state index is 0.112. The Bertz CT molecular complexity index is 970. The second-order valence-corrected chi connectivity index (χ2v) is 6.61. The molecule has 5 nitrogen and oxygen atoms in total. The predicted octanol–water partition coefficient (Wildman–Crippen LogP) is 4.28. The van der Waals surface area contributed by atoms with Crippen molar-refractivity contribution in [3.63, 3.8) is 0 Å². The number of nitrogens with zero attached hydrogens (tertiary/aromatic N) is 1. The third kappa shape index (κ3) is 4.65. The van der Waals surface area contributed by atoms with Crippen LogP contribution in [0, 0.1) is 5.82 Å². The van der Waals surface area contributed by atoms with Gasteiger partial charge in [-0.25, -0.2) is 14.2 Å². The first kappa shape index (κ1) is 18.0. The van der Waals surface area contributed by atoms with Gasteiger partial charge in [0.15, 0.2) is 6.61 Å². The lowest BCUT2D eigenvalue weighted by Gasteiger charge is -2.06. The maximum Gasteiger partial charge on any atom is 0.331 e. The maximum absolute atomic E-state index is 13.1. The van der Waals surface area contributed by atoms with Crippen molar-refractivity contribution in [3.05, 3.63) is 64.4 Å². The highest BCUT2D eigenvalue weighted by Gasteiger charge is 2.08. The maximum atomic E-state index is 13.1. The first-order valence-electron chi connectivity index (χ1n) is 7.46. The van der Waals surface area contributed by atoms with Gasteiger partial charge in [-0.1, -0.05) is 23.7 Å². The van der Waals surface area contributed by atoms with Crippen molar-refractivity contribution in [1.82, 2.24) is 4.98 Å². The minimum atomic E-state index is -0.670. The van der Waals surface area contributed by atoms with Crippen LogP contribution in [-0.4, -0.2) is 23.5 Å². The first-order valence-corrected chi connectivity index (χ1v) is 8.66. The van der Waals surface area contributed by atoms with Crippen LogP contribution in [-0.2, 0) is 14.3 Å². The number of amides is 1. The van der Waals surface area contributed by atoms with E-state index >= 15 is 0 Å². The predicted molar refractivity (Wildman–Crippen MR) is 99.7 cm³/mol. The molecule has 0 bridgehead atoms. The summed E-state index contributed by atoms with van der Waals surface area (Å²) in [6.07, 6.45) is 2.74. The summed E-state index contributed by atoms with van der Waals surface area (Å²) in [7, 11) is 0. The number of para-hydroxylation sites is 1. The lowest BCUT2D eigenvalue weighted by Crippen LogP contribution is -2.20. The van der Waals surface area contributed by atoms with Gasteiger partial charge in [0.2, 0.25) is 0 Å². The normalized spacial score (nSPS) is 11.0. The molecule has 0 unspecified atom stereocenters. The van der Waals surface area contributed by atoms with Gasteiger partial charge in [-0.2, -0.15) is 0 Å². The topological polar surface area (TPSA) is 68.3 Å². The summed E-state index contributed by atoms with van der Waals surface area (Å²) in [4.78, 5) is 27.8. The molecule has 1 amide bonds. The Morgan fingerprint density at radius 1 is 1.27 bits per heavy atom. The molecule has 8 heteroatoms. The van der Waals surface area contributed by atoms with Crippen LogP contribution < -0.4 is 5.32 Å². The van der Waals surface area contributed by atoms with Gasteiger partial charge in [-0.15, -0.1) is 11.3 Å². The van der Waals surface area contributed by atoms with Crippen LogP contribution >= 0.6 is 22.9 Å². The molecule has 0 radical (unpaired) electrons. The van der Waals surface area contributed by atoms with E-state index in [1.807, 2.05) is 24.3 Å². The van der Waals surface area contributed by atoms with Crippen LogP contribution in [0.25, 0.3) is 16.3 Å². The van der Waals surface area contributed by atoms with Crippen LogP contribution in [0.3, 0.4) is 0 Å². The average Bonchev–Trinajstić information content (AvgIpc) is 3.04. The second-order valence-electron chi connectivity index (χ2n) is 5.14. The van der Waals surface area contributed by atoms with E-state index in [0.29, 0.717) is 10.7 Å². The van der Waals surface area contributed by atoms with Crippen LogP contribution in [0.1, 0.15) is 5.01 Å². The number of hydrogen-bond acceptors (Lipinski definition) is 5. The highest BCUT2D eigenvalue weighted by molar-refractivity contribution is 7.19. The molecule has 2 aromatic carbocycles. The monoisotopic (exact) mass is 390 g/mol. The zero-order valence-corrected chi connectivity index (χ0v) is 14.8. The molecule has 3 aromatic rings. The molecule has 26 heavy (non-hydrogen) atoms. The van der Waals surface area contributed by atoms with E-state index in [1.54, 1.807) is 0 Å². The third-order valence-electron chi connectivity index (χ3n) is 3.22. The summed E-state index contributed by atoms with van der Waals surface area (Å²) in [5.74, 6) is -1.82. The Balaban J connectivity index is 1.51. The molecule has 0 saturated heterocycles. The van der Waals surface area contributed by atoms with Crippen molar-refractivity contribution in [2.45, 2.75) is 0 Å². The fourth-order valence-corrected chi connectivity index (χ4v) is 3.11. The summed E-state index contributed by atoms with van der Waals surface area (Å²) in [5, 5.41) is 3.00. The Morgan fingerprint density at radius 2 is 2.08 bits per heavy atom. The fourth-order valence-electron chi connectivity index (χ4n) is 2.06. The Morgan fingerprint density at radius 3 is 2.85 bits per heavy atom. The number of carbonyl (C=O) groups is 2. The molecule has 0 aliphatic rings. The number of anilines is 1. The highest BCUT2D eigenvalue weighted by atomic mass is 35.5. The van der Waals surface area contributed by atoms with Crippen LogP contribution in [0.4, 0.5) is 10.1 Å². The number of hydrogen-bond donors (Lipinski definition) is 1. The molecule has 132 valence electrons. The summed E-state index contributed by atoms with van der Waals surface area (Å²) < 4.78 is 18.9. The van der Waals surface area contributed by atoms with Gasteiger partial charge in [0.25, 0.3) is 5.91 Å². The molecule has 1 heterocycles. The molecule has 0 spiro atoms. The van der Waals surface area contributed by atoms with Crippen molar-refractivity contribution in [2.75, 3.05) is 11.9 Å². The molecule has 1 aromatic heterocycles. The number of ether oxygens (including phenoxy) is 1. The van der Waals surface area contributed by atoms with E-state index in [0.717, 1.165) is 16.3 Å². The van der Waals surface area contributed by atoms with E-state index in [9.17, 15) is 14.0 Å². The Kier molecular flexibility index (Phi) is 5.60. The van der Waals surface area contributed by atoms with Crippen molar-refractivity contribution in [3.8, 4) is 0 Å². The standard InChI is InChI=1S/C18H12ClFN2O3S/c19-12-9-11(5-6-13(12)20)21-16(23)10-25-18(24)8-7-17-22-14-3-1-2-4-15(14)26-17/h1-9H,10H2,(H,21,23)/b8-7+. The van der Waals surface area contributed by atoms with Gasteiger partial charge in [-0.05, 0) is 36.4 Å². The number of halogens is 2. The number of aromatic nitrogens is 1. The number of esters is 1. The molecule has 0 aliphatic carbocycles. The molecule has 1 N–H and O–H groups in total. The van der Waals surface area contributed by atoms with Crippen LogP contribution in [0.2, 0.25) is 5.02 Å².